The van der Waals surface area contributed by atoms with Crippen molar-refractivity contribution in [3.8, 4) is 11.5 Å². The Labute approximate surface area is 218 Å². The Bertz CT molecular complexity index is 1000. The summed E-state index contributed by atoms with van der Waals surface area (Å²) in [7, 11) is 1.67. The molecule has 0 radical (unpaired) electrons. The van der Waals surface area contributed by atoms with Gasteiger partial charge in [0.15, 0.2) is 6.61 Å². The number of rotatable bonds is 10. The van der Waals surface area contributed by atoms with E-state index < -0.39 is 0 Å². The van der Waals surface area contributed by atoms with E-state index >= 15 is 0 Å². The minimum Gasteiger partial charge on any atom is -0.496 e. The second kappa shape index (κ2) is 13.0. The van der Waals surface area contributed by atoms with Gasteiger partial charge in [0.25, 0.3) is 5.91 Å². The molecule has 1 aliphatic carbocycles. The summed E-state index contributed by atoms with van der Waals surface area (Å²) in [4.78, 5) is 30.2. The molecule has 4 rings (SSSR count). The first-order valence-electron chi connectivity index (χ1n) is 12.8. The molecular formula is C28H36ClN3O4. The first-order valence-corrected chi connectivity index (χ1v) is 13.2. The Balaban J connectivity index is 1.29. The lowest BCUT2D eigenvalue weighted by molar-refractivity contribution is -0.137. The largest absolute Gasteiger partial charge is 0.496 e. The van der Waals surface area contributed by atoms with Crippen LogP contribution in [-0.2, 0) is 16.0 Å². The summed E-state index contributed by atoms with van der Waals surface area (Å²) in [6, 6.07) is 14.8. The van der Waals surface area contributed by atoms with E-state index in [1.807, 2.05) is 29.2 Å². The fourth-order valence-electron chi connectivity index (χ4n) is 5.30. The normalized spacial score (nSPS) is 17.6. The standard InChI is InChI=1S/C28H36ClN3O4/c1-35-25-9-5-4-6-21(25)14-15-30-28(34)27(22-7-2-3-8-22)32-18-16-31(17-19-32)26(33)20-36-24-12-10-23(29)11-13-24/h4-6,9-13,22,27H,2-3,7-8,14-20H2,1H3,(H,30,34). The minimum absolute atomic E-state index is 0.00286. The SMILES string of the molecule is COc1ccccc1CCNC(=O)C(C1CCCC1)N1CCN(C(=O)COc2ccc(Cl)cc2)CC1. The molecule has 1 atom stereocenters. The number of methoxy groups -OCH3 is 1. The van der Waals surface area contributed by atoms with E-state index in [1.165, 1.54) is 12.8 Å². The maximum absolute atomic E-state index is 13.4. The number of ether oxygens (including phenoxy) is 2. The molecule has 1 heterocycles. The summed E-state index contributed by atoms with van der Waals surface area (Å²) in [6.07, 6.45) is 5.24. The Morgan fingerprint density at radius 2 is 1.72 bits per heavy atom. The minimum atomic E-state index is -0.146. The molecule has 0 aromatic heterocycles. The van der Waals surface area contributed by atoms with Crippen molar-refractivity contribution < 1.29 is 19.1 Å². The highest BCUT2D eigenvalue weighted by molar-refractivity contribution is 6.30. The second-order valence-corrected chi connectivity index (χ2v) is 9.94. The van der Waals surface area contributed by atoms with Crippen LogP contribution in [-0.4, -0.2) is 74.1 Å². The van der Waals surface area contributed by atoms with Crippen molar-refractivity contribution in [1.29, 1.82) is 0 Å². The molecule has 2 amide bonds. The second-order valence-electron chi connectivity index (χ2n) is 9.50. The first kappa shape index (κ1) is 26.3. The van der Waals surface area contributed by atoms with Crippen molar-refractivity contribution in [3.05, 3.63) is 59.1 Å². The van der Waals surface area contributed by atoms with Gasteiger partial charge in [0.1, 0.15) is 11.5 Å². The molecule has 0 bridgehead atoms. The number of amides is 2. The predicted octanol–water partition coefficient (Wildman–Crippen LogP) is 3.79. The number of hydrogen-bond donors (Lipinski definition) is 1. The smallest absolute Gasteiger partial charge is 0.260 e. The van der Waals surface area contributed by atoms with Crippen LogP contribution < -0.4 is 14.8 Å². The van der Waals surface area contributed by atoms with Crippen LogP contribution in [0.5, 0.6) is 11.5 Å². The van der Waals surface area contributed by atoms with Gasteiger partial charge in [0.2, 0.25) is 5.91 Å². The number of benzene rings is 2. The van der Waals surface area contributed by atoms with Crippen LogP contribution in [0.4, 0.5) is 0 Å². The number of piperazine rings is 1. The van der Waals surface area contributed by atoms with Gasteiger partial charge in [-0.3, -0.25) is 14.5 Å². The molecule has 1 aliphatic heterocycles. The lowest BCUT2D eigenvalue weighted by Gasteiger charge is -2.40. The van der Waals surface area contributed by atoms with Gasteiger partial charge in [-0.25, -0.2) is 0 Å². The highest BCUT2D eigenvalue weighted by atomic mass is 35.5. The van der Waals surface area contributed by atoms with Gasteiger partial charge in [-0.1, -0.05) is 42.6 Å². The van der Waals surface area contributed by atoms with E-state index in [9.17, 15) is 9.59 Å². The molecule has 7 nitrogen and oxygen atoms in total. The summed E-state index contributed by atoms with van der Waals surface area (Å²) in [6.45, 7) is 3.14. The maximum Gasteiger partial charge on any atom is 0.260 e. The molecule has 2 aromatic carbocycles. The zero-order chi connectivity index (χ0) is 25.3. The molecule has 36 heavy (non-hydrogen) atoms. The summed E-state index contributed by atoms with van der Waals surface area (Å²) in [5.41, 5.74) is 1.09. The first-order chi connectivity index (χ1) is 17.5. The quantitative estimate of drug-likeness (QED) is 0.523. The average Bonchev–Trinajstić information content (AvgIpc) is 3.43. The average molecular weight is 514 g/mol. The van der Waals surface area contributed by atoms with E-state index in [0.29, 0.717) is 49.4 Å². The van der Waals surface area contributed by atoms with Gasteiger partial charge >= 0.3 is 0 Å². The lowest BCUT2D eigenvalue weighted by atomic mass is 9.95. The highest BCUT2D eigenvalue weighted by Gasteiger charge is 2.37. The van der Waals surface area contributed by atoms with Crippen LogP contribution >= 0.6 is 11.6 Å². The predicted molar refractivity (Wildman–Crippen MR) is 141 cm³/mol. The van der Waals surface area contributed by atoms with Crippen LogP contribution in [0.3, 0.4) is 0 Å². The van der Waals surface area contributed by atoms with Gasteiger partial charge in [-0.2, -0.15) is 0 Å². The van der Waals surface area contributed by atoms with E-state index in [-0.39, 0.29) is 24.5 Å². The molecule has 1 unspecified atom stereocenters. The van der Waals surface area contributed by atoms with Crippen LogP contribution in [0.2, 0.25) is 5.02 Å². The van der Waals surface area contributed by atoms with E-state index in [1.54, 1.807) is 31.4 Å². The van der Waals surface area contributed by atoms with Crippen molar-refractivity contribution in [3.63, 3.8) is 0 Å². The van der Waals surface area contributed by atoms with E-state index in [0.717, 1.165) is 30.6 Å². The number of para-hydroxylation sites is 1. The monoisotopic (exact) mass is 513 g/mol. The Hall–Kier alpha value is -2.77. The molecular weight excluding hydrogens is 478 g/mol. The Kier molecular flexibility index (Phi) is 9.47. The number of nitrogens with one attached hydrogen (secondary N) is 1. The Morgan fingerprint density at radius 1 is 1.03 bits per heavy atom. The Morgan fingerprint density at radius 3 is 2.42 bits per heavy atom. The third kappa shape index (κ3) is 6.92. The summed E-state index contributed by atoms with van der Waals surface area (Å²) >= 11 is 5.90. The van der Waals surface area contributed by atoms with Crippen molar-refractivity contribution >= 4 is 23.4 Å². The molecule has 2 aromatic rings. The summed E-state index contributed by atoms with van der Waals surface area (Å²) < 4.78 is 11.1. The zero-order valence-corrected chi connectivity index (χ0v) is 21.7. The van der Waals surface area contributed by atoms with Crippen molar-refractivity contribution in [1.82, 2.24) is 15.1 Å². The highest BCUT2D eigenvalue weighted by Crippen LogP contribution is 2.31. The van der Waals surface area contributed by atoms with E-state index in [4.69, 9.17) is 21.1 Å². The molecule has 2 aliphatic rings. The number of halogens is 1. The fourth-order valence-corrected chi connectivity index (χ4v) is 5.43. The van der Waals surface area contributed by atoms with Crippen molar-refractivity contribution in [2.45, 2.75) is 38.1 Å². The third-order valence-electron chi connectivity index (χ3n) is 7.24. The molecule has 1 N–H and O–H groups in total. The van der Waals surface area contributed by atoms with Crippen molar-refractivity contribution in [2.75, 3.05) is 46.4 Å². The number of carbonyl (C=O) groups excluding carboxylic acids is 2. The molecule has 1 saturated carbocycles. The van der Waals surface area contributed by atoms with Gasteiger partial charge in [0.05, 0.1) is 13.2 Å². The molecule has 8 heteroatoms. The van der Waals surface area contributed by atoms with E-state index in [2.05, 4.69) is 10.2 Å². The zero-order valence-electron chi connectivity index (χ0n) is 21.0. The van der Waals surface area contributed by atoms with Crippen LogP contribution in [0.15, 0.2) is 48.5 Å². The maximum atomic E-state index is 13.4. The fraction of sp³-hybridized carbons (Fsp3) is 0.500. The van der Waals surface area contributed by atoms with Crippen LogP contribution in [0, 0.1) is 5.92 Å². The van der Waals surface area contributed by atoms with Crippen LogP contribution in [0.1, 0.15) is 31.2 Å². The summed E-state index contributed by atoms with van der Waals surface area (Å²) in [5, 5.41) is 3.82. The number of carbonyl (C=O) groups is 2. The summed E-state index contributed by atoms with van der Waals surface area (Å²) in [5.74, 6) is 1.90. The third-order valence-corrected chi connectivity index (χ3v) is 7.49. The lowest BCUT2D eigenvalue weighted by Crippen LogP contribution is -2.58. The molecule has 194 valence electrons. The van der Waals surface area contributed by atoms with Gasteiger partial charge in [-0.05, 0) is 61.1 Å². The van der Waals surface area contributed by atoms with Gasteiger partial charge in [0, 0.05) is 37.7 Å². The number of hydrogen-bond acceptors (Lipinski definition) is 5. The molecule has 1 saturated heterocycles. The van der Waals surface area contributed by atoms with Crippen LogP contribution in [0.25, 0.3) is 0 Å². The van der Waals surface area contributed by atoms with Gasteiger partial charge < -0.3 is 19.7 Å². The topological polar surface area (TPSA) is 71.1 Å². The number of nitrogens with zero attached hydrogens (tertiary/aromatic N) is 2. The molecule has 0 spiro atoms. The molecule has 2 fully saturated rings. The van der Waals surface area contributed by atoms with Crippen molar-refractivity contribution in [2.24, 2.45) is 5.92 Å². The van der Waals surface area contributed by atoms with Gasteiger partial charge in [-0.15, -0.1) is 0 Å².